The van der Waals surface area contributed by atoms with E-state index < -0.39 is 75.1 Å². The van der Waals surface area contributed by atoms with Gasteiger partial charge >= 0.3 is 7.60 Å². The fourth-order valence-electron chi connectivity index (χ4n) is 7.94. The van der Waals surface area contributed by atoms with E-state index >= 15 is 0 Å². The Hall–Kier alpha value is -1.59. The second kappa shape index (κ2) is 10.7. The van der Waals surface area contributed by atoms with Crippen LogP contribution in [0.1, 0.15) is 44.8 Å². The minimum absolute atomic E-state index is 0.0344. The first-order valence-corrected chi connectivity index (χ1v) is 17.8. The monoisotopic (exact) mass is 665 g/mol. The summed E-state index contributed by atoms with van der Waals surface area (Å²) in [6, 6.07) is -0.924. The summed E-state index contributed by atoms with van der Waals surface area (Å²) in [4.78, 5) is 53.8. The number of ether oxygens (including phenoxy) is 1. The summed E-state index contributed by atoms with van der Waals surface area (Å²) in [5.41, 5.74) is 5.33. The third-order valence-corrected chi connectivity index (χ3v) is 13.0. The molecule has 17 nitrogen and oxygen atoms in total. The molecular weight excluding hydrogens is 632 g/mol. The van der Waals surface area contributed by atoms with Gasteiger partial charge in [-0.15, -0.1) is 0 Å². The van der Waals surface area contributed by atoms with Crippen LogP contribution >= 0.6 is 26.7 Å². The molecule has 43 heavy (non-hydrogen) atoms. The lowest BCUT2D eigenvalue weighted by Crippen LogP contribution is -2.63. The Balaban J connectivity index is 1.20. The second-order valence-electron chi connectivity index (χ2n) is 12.6. The van der Waals surface area contributed by atoms with Crippen molar-refractivity contribution in [3.63, 3.8) is 0 Å². The lowest BCUT2D eigenvalue weighted by molar-refractivity contribution is -0.172. The van der Waals surface area contributed by atoms with Gasteiger partial charge in [0.2, 0.25) is 11.2 Å². The van der Waals surface area contributed by atoms with Crippen LogP contribution in [0.2, 0.25) is 5.28 Å². The van der Waals surface area contributed by atoms with Gasteiger partial charge in [-0.2, -0.15) is 9.97 Å². The average molecular weight is 666 g/mol. The van der Waals surface area contributed by atoms with Crippen molar-refractivity contribution in [3.8, 4) is 0 Å². The van der Waals surface area contributed by atoms with Gasteiger partial charge in [0, 0.05) is 6.54 Å². The number of halogens is 1. The molecular formula is C23H34ClN7O10P2. The normalized spacial score (nSPS) is 37.5. The van der Waals surface area contributed by atoms with Crippen molar-refractivity contribution in [3.05, 3.63) is 11.6 Å². The fourth-order valence-corrected chi connectivity index (χ4v) is 11.0. The lowest BCUT2D eigenvalue weighted by Gasteiger charge is -2.61. The molecule has 1 amide bonds. The van der Waals surface area contributed by atoms with E-state index in [0.29, 0.717) is 18.3 Å². The number of aliphatic hydroxyl groups excluding tert-OH is 2. The zero-order valence-electron chi connectivity index (χ0n) is 22.7. The maximum Gasteiger partial charge on any atom is 0.336 e. The Bertz CT molecular complexity index is 1530. The molecule has 20 heteroatoms. The number of carbonyl (C=O) groups is 1. The molecule has 2 aromatic heterocycles. The van der Waals surface area contributed by atoms with Crippen molar-refractivity contribution in [2.24, 2.45) is 23.0 Å². The first-order valence-electron chi connectivity index (χ1n) is 13.8. The smallest absolute Gasteiger partial charge is 0.336 e. The van der Waals surface area contributed by atoms with Gasteiger partial charge in [-0.05, 0) is 67.4 Å². The number of carbonyl (C=O) groups excluding carboxylic acids is 1. The zero-order valence-corrected chi connectivity index (χ0v) is 25.3. The van der Waals surface area contributed by atoms with Crippen LogP contribution in [0.15, 0.2) is 6.33 Å². The Labute approximate surface area is 249 Å². The van der Waals surface area contributed by atoms with E-state index in [0.717, 1.165) is 32.1 Å². The molecule has 5 aliphatic rings. The molecule has 3 heterocycles. The molecule has 2 aromatic rings. The number of fused-ring (bicyclic) bond motifs is 1. The van der Waals surface area contributed by atoms with Gasteiger partial charge in [0.25, 0.3) is 7.52 Å². The quantitative estimate of drug-likeness (QED) is 0.122. The minimum atomic E-state index is -4.82. The number of nitrogens with two attached hydrogens (primary N) is 1. The summed E-state index contributed by atoms with van der Waals surface area (Å²) in [6.45, 7) is -0.525. The Kier molecular flexibility index (Phi) is 7.85. The highest BCUT2D eigenvalue weighted by Gasteiger charge is 2.60. The number of aromatic nitrogens is 4. The van der Waals surface area contributed by atoms with E-state index in [1.54, 1.807) is 0 Å². The van der Waals surface area contributed by atoms with E-state index in [4.69, 9.17) is 31.9 Å². The Morgan fingerprint density at radius 1 is 1.16 bits per heavy atom. The predicted molar refractivity (Wildman–Crippen MR) is 150 cm³/mol. The number of nitrogens with zero attached hydrogens (tertiary/aromatic N) is 4. The molecule has 1 saturated heterocycles. The highest BCUT2D eigenvalue weighted by Crippen LogP contribution is 2.62. The molecule has 4 aliphatic carbocycles. The van der Waals surface area contributed by atoms with Gasteiger partial charge < -0.3 is 45.8 Å². The topological polar surface area (TPSA) is 275 Å². The number of anilines is 1. The highest BCUT2D eigenvalue weighted by atomic mass is 35.5. The van der Waals surface area contributed by atoms with E-state index in [2.05, 4.69) is 25.4 Å². The molecule has 7 rings (SSSR count). The first kappa shape index (κ1) is 31.4. The molecule has 4 bridgehead atoms. The predicted octanol–water partition coefficient (Wildman–Crippen LogP) is -0.394. The van der Waals surface area contributed by atoms with Crippen LogP contribution in [0, 0.1) is 17.3 Å². The number of nitrogens with one attached hydrogen (secondary N) is 2. The van der Waals surface area contributed by atoms with Gasteiger partial charge in [-0.1, -0.05) is 0 Å². The van der Waals surface area contributed by atoms with Gasteiger partial charge in [-0.25, -0.2) is 10.1 Å². The van der Waals surface area contributed by atoms with E-state index in [-0.39, 0.29) is 22.3 Å². The van der Waals surface area contributed by atoms with Crippen LogP contribution in [-0.4, -0.2) is 97.8 Å². The number of rotatable bonds is 9. The van der Waals surface area contributed by atoms with Crippen molar-refractivity contribution < 1.29 is 48.7 Å². The Morgan fingerprint density at radius 2 is 1.84 bits per heavy atom. The molecule has 8 atom stereocenters. The first-order chi connectivity index (χ1) is 20.0. The lowest BCUT2D eigenvalue weighted by atomic mass is 9.46. The maximum absolute atomic E-state index is 13.5. The highest BCUT2D eigenvalue weighted by molar-refractivity contribution is 7.71. The van der Waals surface area contributed by atoms with Crippen molar-refractivity contribution in [2.75, 3.05) is 17.8 Å². The molecule has 238 valence electrons. The maximum atomic E-state index is 13.5. The minimum Gasteiger partial charge on any atom is -0.390 e. The van der Waals surface area contributed by atoms with Crippen molar-refractivity contribution in [1.82, 2.24) is 24.6 Å². The van der Waals surface area contributed by atoms with Crippen LogP contribution in [-0.2, 0) is 18.7 Å². The van der Waals surface area contributed by atoms with Crippen molar-refractivity contribution >= 4 is 49.6 Å². The summed E-state index contributed by atoms with van der Waals surface area (Å²) in [5, 5.41) is 36.9. The van der Waals surface area contributed by atoms with Crippen LogP contribution < -0.4 is 16.1 Å². The summed E-state index contributed by atoms with van der Waals surface area (Å²) < 4.78 is 30.2. The molecule has 0 radical (unpaired) electrons. The molecule has 1 aliphatic heterocycles. The van der Waals surface area contributed by atoms with Gasteiger partial charge in [-0.3, -0.25) is 18.5 Å². The number of amides is 1. The fraction of sp³-hybridized carbons (Fsp3) is 0.739. The van der Waals surface area contributed by atoms with Crippen LogP contribution in [0.3, 0.4) is 0 Å². The number of hydrogen-bond donors (Lipinski definition) is 9. The summed E-state index contributed by atoms with van der Waals surface area (Å²) in [7, 11) is -9.31. The van der Waals surface area contributed by atoms with E-state index in [1.165, 1.54) is 10.9 Å². The van der Waals surface area contributed by atoms with Crippen molar-refractivity contribution in [1.29, 1.82) is 0 Å². The van der Waals surface area contributed by atoms with Crippen LogP contribution in [0.4, 0.5) is 5.82 Å². The third-order valence-electron chi connectivity index (χ3n) is 9.18. The summed E-state index contributed by atoms with van der Waals surface area (Å²) in [6.07, 6.45) is -0.0387. The number of aliphatic hydroxyl groups is 3. The second-order valence-corrected chi connectivity index (χ2v) is 17.1. The van der Waals surface area contributed by atoms with Crippen LogP contribution in [0.5, 0.6) is 0 Å². The number of imidazole rings is 1. The SMILES string of the molecule is NC(C(=O)Nc1nc(Cl)nc2c1ncn2[C@@H]1O[C@H](CNP(=O)(O)CP(=O)(O)O)C(O)C1O)C12CC3CC(CC(O)(C3)C1)C2. The molecule has 0 spiro atoms. The average Bonchev–Trinajstić information content (AvgIpc) is 3.40. The Morgan fingerprint density at radius 3 is 2.47 bits per heavy atom. The molecule has 5 fully saturated rings. The largest absolute Gasteiger partial charge is 0.390 e. The molecule has 4 saturated carbocycles. The third kappa shape index (κ3) is 6.03. The van der Waals surface area contributed by atoms with Gasteiger partial charge in [0.1, 0.15) is 24.2 Å². The van der Waals surface area contributed by atoms with E-state index in [1.807, 2.05) is 0 Å². The van der Waals surface area contributed by atoms with Crippen molar-refractivity contribution in [2.45, 2.75) is 74.7 Å². The standard InChI is InChI=1S/C23H34ClN7O10P2/c24-21-29-17(28-19(34)16(25)22-2-10-1-11(3-22)5-23(35,4-10)7-22)13-18(30-21)31(8-26-13)20-15(33)14(32)12(41-20)6-27-42(36,37)9-43(38,39)40/h8,10-12,14-16,20,32-33,35H,1-7,9,25H2,(H2,27,36,37)(H2,38,39,40)(H,28,29,30,34)/t10?,11?,12-,14?,15?,16?,20-,22?,23?/m1/s1. The molecule has 10 N–H and O–H groups in total. The molecule has 6 unspecified atom stereocenters. The summed E-state index contributed by atoms with van der Waals surface area (Å²) >= 11 is 6.18. The van der Waals surface area contributed by atoms with Gasteiger partial charge in [0.15, 0.2) is 23.2 Å². The number of hydrogen-bond acceptors (Lipinski definition) is 11. The van der Waals surface area contributed by atoms with Crippen LogP contribution in [0.25, 0.3) is 11.2 Å². The van der Waals surface area contributed by atoms with Gasteiger partial charge in [0.05, 0.1) is 18.0 Å². The zero-order chi connectivity index (χ0) is 31.1. The molecule has 0 aromatic carbocycles. The summed E-state index contributed by atoms with van der Waals surface area (Å²) in [5.74, 6) is -1.23. The van der Waals surface area contributed by atoms with E-state index in [9.17, 15) is 34.1 Å².